The Morgan fingerprint density at radius 1 is 1.08 bits per heavy atom. The van der Waals surface area contributed by atoms with Crippen molar-refractivity contribution in [2.24, 2.45) is 5.41 Å². The number of nitrogens with one attached hydrogen (secondary N) is 1. The minimum atomic E-state index is -4.54. The van der Waals surface area contributed by atoms with Gasteiger partial charge in [0.15, 0.2) is 5.13 Å². The summed E-state index contributed by atoms with van der Waals surface area (Å²) in [6.07, 6.45) is 4.28. The van der Waals surface area contributed by atoms with Gasteiger partial charge in [-0.3, -0.25) is 4.98 Å². The standard InChI is InChI=1S/C28H37F3N4OS/c1-6-7-8-9-14-27(2,3)19-36-23-13-12-21(16-22(23)28(29,30)31)33-26-34-25(20-11-10-15-32-17-20)24(37-26)18-35(4)5/h10-13,15-17H,6-9,14,18-19H2,1-5H3,(H,33,34). The van der Waals surface area contributed by atoms with Crippen LogP contribution in [0.25, 0.3) is 11.3 Å². The molecule has 0 aliphatic heterocycles. The second-order valence-corrected chi connectivity index (χ2v) is 11.5. The van der Waals surface area contributed by atoms with Crippen molar-refractivity contribution in [2.75, 3.05) is 26.0 Å². The number of nitrogens with zero attached hydrogens (tertiary/aromatic N) is 3. The number of alkyl halides is 3. The molecule has 0 atom stereocenters. The summed E-state index contributed by atoms with van der Waals surface area (Å²) >= 11 is 1.42. The highest BCUT2D eigenvalue weighted by Crippen LogP contribution is 2.40. The SMILES string of the molecule is CCCCCCC(C)(C)COc1ccc(Nc2nc(-c3cccnc3)c(CN(C)C)s2)cc1C(F)(F)F. The van der Waals surface area contributed by atoms with Gasteiger partial charge in [-0.15, -0.1) is 0 Å². The molecular weight excluding hydrogens is 497 g/mol. The summed E-state index contributed by atoms with van der Waals surface area (Å²) in [5, 5.41) is 3.59. The lowest BCUT2D eigenvalue weighted by Crippen LogP contribution is -2.22. The lowest BCUT2D eigenvalue weighted by molar-refractivity contribution is -0.139. The molecule has 0 fully saturated rings. The third kappa shape index (κ3) is 8.71. The maximum Gasteiger partial charge on any atom is 0.420 e. The number of hydrogen-bond acceptors (Lipinski definition) is 6. The molecular formula is C28H37F3N4OS. The number of rotatable bonds is 13. The average molecular weight is 535 g/mol. The smallest absolute Gasteiger partial charge is 0.420 e. The number of thiazole rings is 1. The van der Waals surface area contributed by atoms with Gasteiger partial charge in [-0.2, -0.15) is 13.2 Å². The highest BCUT2D eigenvalue weighted by atomic mass is 32.1. The Kier molecular flexibility index (Phi) is 9.95. The van der Waals surface area contributed by atoms with Crippen LogP contribution < -0.4 is 10.1 Å². The van der Waals surface area contributed by atoms with Crippen molar-refractivity contribution in [1.82, 2.24) is 14.9 Å². The summed E-state index contributed by atoms with van der Waals surface area (Å²) in [5.41, 5.74) is 0.935. The topological polar surface area (TPSA) is 50.3 Å². The highest BCUT2D eigenvalue weighted by Gasteiger charge is 2.35. The van der Waals surface area contributed by atoms with Gasteiger partial charge in [0.25, 0.3) is 0 Å². The summed E-state index contributed by atoms with van der Waals surface area (Å²) in [4.78, 5) is 11.9. The van der Waals surface area contributed by atoms with Crippen molar-refractivity contribution in [1.29, 1.82) is 0 Å². The van der Waals surface area contributed by atoms with Crippen LogP contribution in [-0.4, -0.2) is 35.6 Å². The van der Waals surface area contributed by atoms with Crippen LogP contribution in [0.4, 0.5) is 24.0 Å². The normalized spacial score (nSPS) is 12.2. The molecule has 0 unspecified atom stereocenters. The van der Waals surface area contributed by atoms with Gasteiger partial charge in [-0.05, 0) is 56.3 Å². The first-order chi connectivity index (χ1) is 17.5. The molecule has 0 aliphatic rings. The van der Waals surface area contributed by atoms with Crippen LogP contribution in [0.3, 0.4) is 0 Å². The van der Waals surface area contributed by atoms with E-state index < -0.39 is 11.7 Å². The molecule has 202 valence electrons. The van der Waals surface area contributed by atoms with Crippen LogP contribution in [0, 0.1) is 5.41 Å². The number of aromatic nitrogens is 2. The molecule has 0 spiro atoms. The first-order valence-corrected chi connectivity index (χ1v) is 13.5. The Balaban J connectivity index is 1.80. The van der Waals surface area contributed by atoms with Crippen molar-refractivity contribution in [3.8, 4) is 17.0 Å². The molecule has 3 rings (SSSR count). The van der Waals surface area contributed by atoms with Crippen molar-refractivity contribution in [2.45, 2.75) is 65.6 Å². The van der Waals surface area contributed by atoms with Gasteiger partial charge >= 0.3 is 6.18 Å². The molecule has 3 aromatic rings. The molecule has 1 N–H and O–H groups in total. The van der Waals surface area contributed by atoms with Crippen molar-refractivity contribution in [3.63, 3.8) is 0 Å². The third-order valence-corrected chi connectivity index (χ3v) is 6.91. The molecule has 0 saturated heterocycles. The summed E-state index contributed by atoms with van der Waals surface area (Å²) in [6, 6.07) is 7.86. The van der Waals surface area contributed by atoms with E-state index in [2.05, 4.69) is 22.2 Å². The lowest BCUT2D eigenvalue weighted by atomic mass is 9.88. The number of anilines is 2. The van der Waals surface area contributed by atoms with E-state index in [-0.39, 0.29) is 17.8 Å². The second kappa shape index (κ2) is 12.7. The molecule has 0 bridgehead atoms. The maximum absolute atomic E-state index is 14.0. The third-order valence-electron chi connectivity index (χ3n) is 5.95. The van der Waals surface area contributed by atoms with Gasteiger partial charge < -0.3 is 15.0 Å². The van der Waals surface area contributed by atoms with E-state index in [9.17, 15) is 13.2 Å². The van der Waals surface area contributed by atoms with E-state index in [0.717, 1.165) is 47.9 Å². The van der Waals surface area contributed by atoms with E-state index in [1.165, 1.54) is 23.8 Å². The van der Waals surface area contributed by atoms with Gasteiger partial charge in [0, 0.05) is 35.1 Å². The zero-order valence-electron chi connectivity index (χ0n) is 22.3. The van der Waals surface area contributed by atoms with E-state index in [0.29, 0.717) is 17.4 Å². The summed E-state index contributed by atoms with van der Waals surface area (Å²) in [6.45, 7) is 7.11. The average Bonchev–Trinajstić information content (AvgIpc) is 3.22. The van der Waals surface area contributed by atoms with Gasteiger partial charge in [-0.25, -0.2) is 4.98 Å². The minimum absolute atomic E-state index is 0.150. The van der Waals surface area contributed by atoms with E-state index in [1.807, 2.05) is 45.0 Å². The van der Waals surface area contributed by atoms with E-state index >= 15 is 0 Å². The summed E-state index contributed by atoms with van der Waals surface area (Å²) < 4.78 is 47.7. The van der Waals surface area contributed by atoms with Gasteiger partial charge in [-0.1, -0.05) is 57.8 Å². The lowest BCUT2D eigenvalue weighted by Gasteiger charge is -2.26. The minimum Gasteiger partial charge on any atom is -0.492 e. The molecule has 37 heavy (non-hydrogen) atoms. The Morgan fingerprint density at radius 2 is 1.86 bits per heavy atom. The number of ether oxygens (including phenoxy) is 1. The Hall–Kier alpha value is -2.65. The van der Waals surface area contributed by atoms with Gasteiger partial charge in [0.05, 0.1) is 17.9 Å². The second-order valence-electron chi connectivity index (χ2n) is 10.4. The fourth-order valence-corrected chi connectivity index (χ4v) is 5.10. The molecule has 2 heterocycles. The van der Waals surface area contributed by atoms with Crippen molar-refractivity contribution < 1.29 is 17.9 Å². The monoisotopic (exact) mass is 534 g/mol. The largest absolute Gasteiger partial charge is 0.492 e. The van der Waals surface area contributed by atoms with Crippen LogP contribution in [-0.2, 0) is 12.7 Å². The Labute approximate surface area is 222 Å². The Bertz CT molecular complexity index is 1130. The molecule has 5 nitrogen and oxygen atoms in total. The number of halogens is 3. The van der Waals surface area contributed by atoms with Crippen LogP contribution in [0.2, 0.25) is 0 Å². The van der Waals surface area contributed by atoms with Crippen LogP contribution in [0.15, 0.2) is 42.7 Å². The number of benzene rings is 1. The predicted octanol–water partition coefficient (Wildman–Crippen LogP) is 8.40. The zero-order valence-corrected chi connectivity index (χ0v) is 23.1. The van der Waals surface area contributed by atoms with Crippen LogP contribution in [0.1, 0.15) is 63.3 Å². The number of unbranched alkanes of at least 4 members (excludes halogenated alkanes) is 3. The maximum atomic E-state index is 14.0. The van der Waals surface area contributed by atoms with Crippen molar-refractivity contribution >= 4 is 22.2 Å². The molecule has 2 aromatic heterocycles. The molecule has 0 amide bonds. The zero-order chi connectivity index (χ0) is 27.1. The number of hydrogen-bond donors (Lipinski definition) is 1. The first kappa shape index (κ1) is 28.9. The van der Waals surface area contributed by atoms with E-state index in [1.54, 1.807) is 18.5 Å². The summed E-state index contributed by atoms with van der Waals surface area (Å²) in [7, 11) is 3.92. The van der Waals surface area contributed by atoms with Crippen LogP contribution >= 0.6 is 11.3 Å². The van der Waals surface area contributed by atoms with E-state index in [4.69, 9.17) is 4.74 Å². The fourth-order valence-electron chi connectivity index (χ4n) is 3.98. The molecule has 1 aromatic carbocycles. The molecule has 0 saturated carbocycles. The summed E-state index contributed by atoms with van der Waals surface area (Å²) in [5.74, 6) is -0.150. The molecule has 0 radical (unpaired) electrons. The first-order valence-electron chi connectivity index (χ1n) is 12.6. The van der Waals surface area contributed by atoms with Crippen LogP contribution in [0.5, 0.6) is 5.75 Å². The Morgan fingerprint density at radius 3 is 2.51 bits per heavy atom. The van der Waals surface area contributed by atoms with Crippen molar-refractivity contribution in [3.05, 3.63) is 53.2 Å². The fraction of sp³-hybridized carbons (Fsp3) is 0.500. The highest BCUT2D eigenvalue weighted by molar-refractivity contribution is 7.16. The van der Waals surface area contributed by atoms with Gasteiger partial charge in [0.1, 0.15) is 5.75 Å². The van der Waals surface area contributed by atoms with Gasteiger partial charge in [0.2, 0.25) is 0 Å². The molecule has 9 heteroatoms. The number of pyridine rings is 1. The molecule has 0 aliphatic carbocycles. The predicted molar refractivity (Wildman–Crippen MR) is 145 cm³/mol. The quantitative estimate of drug-likeness (QED) is 0.223.